The summed E-state index contributed by atoms with van der Waals surface area (Å²) in [6, 6.07) is 6.14. The molecule has 2 aliphatic rings. The number of hydrogen-bond donors (Lipinski definition) is 0. The molecule has 0 aliphatic carbocycles. The van der Waals surface area contributed by atoms with Crippen molar-refractivity contribution in [1.29, 1.82) is 0 Å². The van der Waals surface area contributed by atoms with Gasteiger partial charge in [0.05, 0.1) is 17.7 Å². The molecule has 1 aromatic rings. The molecule has 0 unspecified atom stereocenters. The Labute approximate surface area is 164 Å². The van der Waals surface area contributed by atoms with Crippen LogP contribution in [-0.2, 0) is 19.2 Å². The Balaban J connectivity index is 1.67. The Morgan fingerprint density at radius 1 is 1.25 bits per heavy atom. The van der Waals surface area contributed by atoms with Crippen molar-refractivity contribution in [1.82, 2.24) is 4.90 Å². The van der Waals surface area contributed by atoms with Gasteiger partial charge in [-0.05, 0) is 37.5 Å². The highest BCUT2D eigenvalue weighted by Crippen LogP contribution is 2.40. The molecule has 1 aromatic carbocycles. The van der Waals surface area contributed by atoms with Gasteiger partial charge >= 0.3 is 5.97 Å². The first kappa shape index (κ1) is 20.3. The van der Waals surface area contributed by atoms with E-state index < -0.39 is 5.41 Å². The molecule has 6 nitrogen and oxygen atoms in total. The number of esters is 1. The van der Waals surface area contributed by atoms with Crippen molar-refractivity contribution in [2.24, 2.45) is 10.6 Å². The van der Waals surface area contributed by atoms with Gasteiger partial charge in [0.25, 0.3) is 0 Å². The van der Waals surface area contributed by atoms with Gasteiger partial charge in [-0.2, -0.15) is 0 Å². The average molecular weight is 390 g/mol. The highest BCUT2D eigenvalue weighted by atomic mass is 19.1. The zero-order chi connectivity index (χ0) is 20.1. The van der Waals surface area contributed by atoms with Crippen molar-refractivity contribution in [3.63, 3.8) is 0 Å². The maximum atomic E-state index is 13.1. The van der Waals surface area contributed by atoms with E-state index in [1.807, 2.05) is 11.8 Å². The number of piperidine rings is 1. The molecule has 0 N–H and O–H groups in total. The number of likely N-dealkylation sites (tertiary alicyclic amines) is 1. The zero-order valence-corrected chi connectivity index (χ0v) is 16.4. The van der Waals surface area contributed by atoms with Crippen molar-refractivity contribution in [3.8, 4) is 0 Å². The summed E-state index contributed by atoms with van der Waals surface area (Å²) in [7, 11) is 0. The molecule has 0 aromatic heterocycles. The van der Waals surface area contributed by atoms with Crippen LogP contribution in [-0.4, -0.2) is 48.3 Å². The highest BCUT2D eigenvalue weighted by Gasteiger charge is 2.46. The van der Waals surface area contributed by atoms with Gasteiger partial charge in [0.2, 0.25) is 5.91 Å². The summed E-state index contributed by atoms with van der Waals surface area (Å²) in [5.41, 5.74) is 0.902. The summed E-state index contributed by atoms with van der Waals surface area (Å²) >= 11 is 0. The van der Waals surface area contributed by atoms with E-state index in [1.165, 1.54) is 12.1 Å². The highest BCUT2D eigenvalue weighted by molar-refractivity contribution is 6.01. The summed E-state index contributed by atoms with van der Waals surface area (Å²) in [5, 5.41) is 4.15. The molecule has 28 heavy (non-hydrogen) atoms. The average Bonchev–Trinajstić information content (AvgIpc) is 3.17. The molecule has 0 bridgehead atoms. The monoisotopic (exact) mass is 390 g/mol. The molecule has 1 atom stereocenters. The maximum absolute atomic E-state index is 13.1. The van der Waals surface area contributed by atoms with Crippen molar-refractivity contribution in [3.05, 3.63) is 35.6 Å². The van der Waals surface area contributed by atoms with Crippen LogP contribution < -0.4 is 0 Å². The standard InChI is InChI=1S/C21H27FN2O4/c1-3-19(25)24-11-9-21(10-12-24,20(26)27-4-2)14-17-13-18(23-28-17)15-5-7-16(22)8-6-15/h5-8,17H,3-4,9-14H2,1-2H3/t17-/m1/s1. The lowest BCUT2D eigenvalue weighted by Crippen LogP contribution is -2.48. The Morgan fingerprint density at radius 3 is 2.54 bits per heavy atom. The van der Waals surface area contributed by atoms with E-state index in [9.17, 15) is 14.0 Å². The van der Waals surface area contributed by atoms with Crippen LogP contribution in [0.5, 0.6) is 0 Å². The third-order valence-electron chi connectivity index (χ3n) is 5.61. The fraction of sp³-hybridized carbons (Fsp3) is 0.571. The lowest BCUT2D eigenvalue weighted by molar-refractivity contribution is -0.163. The number of benzene rings is 1. The minimum Gasteiger partial charge on any atom is -0.466 e. The van der Waals surface area contributed by atoms with E-state index in [4.69, 9.17) is 9.57 Å². The molecule has 152 valence electrons. The minimum atomic E-state index is -0.668. The number of nitrogens with zero attached hydrogens (tertiary/aromatic N) is 2. The number of oxime groups is 1. The number of hydrogen-bond acceptors (Lipinski definition) is 5. The third kappa shape index (κ3) is 4.34. The normalized spacial score (nSPS) is 21.0. The fourth-order valence-corrected chi connectivity index (χ4v) is 3.97. The first-order valence-electron chi connectivity index (χ1n) is 9.91. The molecule has 2 aliphatic heterocycles. The van der Waals surface area contributed by atoms with Crippen molar-refractivity contribution in [2.45, 2.75) is 52.1 Å². The number of halogens is 1. The number of ether oxygens (including phenoxy) is 1. The minimum absolute atomic E-state index is 0.108. The number of amides is 1. The predicted molar refractivity (Wildman–Crippen MR) is 102 cm³/mol. The number of rotatable bonds is 6. The van der Waals surface area contributed by atoms with Gasteiger partial charge in [0, 0.05) is 32.4 Å². The van der Waals surface area contributed by atoms with Gasteiger partial charge in [-0.15, -0.1) is 0 Å². The second kappa shape index (κ2) is 8.71. The van der Waals surface area contributed by atoms with E-state index in [1.54, 1.807) is 19.1 Å². The second-order valence-corrected chi connectivity index (χ2v) is 7.42. The van der Waals surface area contributed by atoms with Gasteiger partial charge in [0.1, 0.15) is 11.9 Å². The quantitative estimate of drug-likeness (QED) is 0.699. The second-order valence-electron chi connectivity index (χ2n) is 7.42. The lowest BCUT2D eigenvalue weighted by atomic mass is 9.73. The first-order valence-corrected chi connectivity index (χ1v) is 9.91. The summed E-state index contributed by atoms with van der Waals surface area (Å²) in [6.07, 6.45) is 2.40. The van der Waals surface area contributed by atoms with Crippen molar-refractivity contribution in [2.75, 3.05) is 19.7 Å². The Bertz CT molecular complexity index is 739. The van der Waals surface area contributed by atoms with Crippen LogP contribution in [0.4, 0.5) is 4.39 Å². The van der Waals surface area contributed by atoms with Gasteiger partial charge in [-0.25, -0.2) is 4.39 Å². The summed E-state index contributed by atoms with van der Waals surface area (Å²) in [5.74, 6) is -0.414. The molecule has 2 heterocycles. The smallest absolute Gasteiger partial charge is 0.312 e. The molecule has 1 fully saturated rings. The molecule has 0 saturated carbocycles. The first-order chi connectivity index (χ1) is 13.5. The molecule has 7 heteroatoms. The van der Waals surface area contributed by atoms with Gasteiger partial charge in [-0.1, -0.05) is 24.2 Å². The maximum Gasteiger partial charge on any atom is 0.312 e. The molecular weight excluding hydrogens is 363 g/mol. The van der Waals surface area contributed by atoms with Crippen molar-refractivity contribution < 1.29 is 23.6 Å². The Kier molecular flexibility index (Phi) is 6.31. The van der Waals surface area contributed by atoms with Gasteiger partial charge in [-0.3, -0.25) is 9.59 Å². The summed E-state index contributed by atoms with van der Waals surface area (Å²) in [4.78, 5) is 32.2. The largest absolute Gasteiger partial charge is 0.466 e. The van der Waals surface area contributed by atoms with E-state index >= 15 is 0 Å². The third-order valence-corrected chi connectivity index (χ3v) is 5.61. The number of carbonyl (C=O) groups is 2. The van der Waals surface area contributed by atoms with E-state index in [2.05, 4.69) is 5.16 Å². The van der Waals surface area contributed by atoms with Crippen LogP contribution in [0.25, 0.3) is 0 Å². The SMILES string of the molecule is CCOC(=O)C1(C[C@H]2CC(c3ccc(F)cc3)=NO2)CCN(C(=O)CC)CC1. The molecule has 3 rings (SSSR count). The molecule has 0 radical (unpaired) electrons. The summed E-state index contributed by atoms with van der Waals surface area (Å²) in [6.45, 7) is 5.05. The predicted octanol–water partition coefficient (Wildman–Crippen LogP) is 3.29. The molecule has 0 spiro atoms. The van der Waals surface area contributed by atoms with Crippen LogP contribution in [0.15, 0.2) is 29.4 Å². The van der Waals surface area contributed by atoms with Gasteiger partial charge in [0.15, 0.2) is 0 Å². The van der Waals surface area contributed by atoms with Crippen molar-refractivity contribution >= 4 is 17.6 Å². The van der Waals surface area contributed by atoms with Crippen LogP contribution in [0.1, 0.15) is 51.5 Å². The van der Waals surface area contributed by atoms with Gasteiger partial charge < -0.3 is 14.5 Å². The molecule has 1 saturated heterocycles. The summed E-state index contributed by atoms with van der Waals surface area (Å²) < 4.78 is 18.5. The van der Waals surface area contributed by atoms with E-state index in [-0.39, 0.29) is 23.8 Å². The lowest BCUT2D eigenvalue weighted by Gasteiger charge is -2.40. The Morgan fingerprint density at radius 2 is 1.93 bits per heavy atom. The number of carbonyl (C=O) groups excluding carboxylic acids is 2. The van der Waals surface area contributed by atoms with E-state index in [0.717, 1.165) is 11.3 Å². The van der Waals surface area contributed by atoms with Crippen LogP contribution in [0.2, 0.25) is 0 Å². The fourth-order valence-electron chi connectivity index (χ4n) is 3.97. The van der Waals surface area contributed by atoms with Crippen LogP contribution >= 0.6 is 0 Å². The molecule has 1 amide bonds. The topological polar surface area (TPSA) is 68.2 Å². The molecular formula is C21H27FN2O4. The zero-order valence-electron chi connectivity index (χ0n) is 16.4. The van der Waals surface area contributed by atoms with Crippen LogP contribution in [0.3, 0.4) is 0 Å². The Hall–Kier alpha value is -2.44. The van der Waals surface area contributed by atoms with Crippen LogP contribution in [0, 0.1) is 11.2 Å². The van der Waals surface area contributed by atoms with E-state index in [0.29, 0.717) is 51.8 Å².